The van der Waals surface area contributed by atoms with E-state index in [1.807, 2.05) is 6.92 Å². The lowest BCUT2D eigenvalue weighted by atomic mass is 9.87. The summed E-state index contributed by atoms with van der Waals surface area (Å²) in [5.41, 5.74) is 0.487. The Kier molecular flexibility index (Phi) is 2.12. The smallest absolute Gasteiger partial charge is 0.141 e. The fraction of sp³-hybridized carbons (Fsp3) is 0.600. The van der Waals surface area contributed by atoms with Crippen LogP contribution in [-0.4, -0.2) is 13.1 Å². The van der Waals surface area contributed by atoms with E-state index in [-0.39, 0.29) is 0 Å². The lowest BCUT2D eigenvalue weighted by Gasteiger charge is -2.29. The molecule has 2 nitrogen and oxygen atoms in total. The van der Waals surface area contributed by atoms with Crippen LogP contribution in [0.15, 0.2) is 16.9 Å². The number of alkyl halides is 1. The largest absolute Gasteiger partial charge is 0.472 e. The van der Waals surface area contributed by atoms with E-state index in [0.29, 0.717) is 12.8 Å². The molecule has 0 aromatic carbocycles. The monoisotopic (exact) mass is 183 g/mol. The van der Waals surface area contributed by atoms with Crippen molar-refractivity contribution in [3.63, 3.8) is 0 Å². The quantitative estimate of drug-likeness (QED) is 0.721. The zero-order valence-corrected chi connectivity index (χ0v) is 7.77. The molecule has 0 radical (unpaired) electrons. The van der Waals surface area contributed by atoms with Crippen molar-refractivity contribution in [2.24, 2.45) is 0 Å². The SMILES string of the molecule is Cc1cocc1C1(F)CCNCC1. The maximum Gasteiger partial charge on any atom is 0.141 e. The van der Waals surface area contributed by atoms with Crippen LogP contribution in [0.2, 0.25) is 0 Å². The van der Waals surface area contributed by atoms with Gasteiger partial charge in [-0.15, -0.1) is 0 Å². The van der Waals surface area contributed by atoms with E-state index >= 15 is 0 Å². The molecule has 0 bridgehead atoms. The first-order chi connectivity index (χ1) is 6.22. The number of furan rings is 1. The normalized spacial score (nSPS) is 21.7. The molecule has 1 aromatic rings. The van der Waals surface area contributed by atoms with Crippen molar-refractivity contribution in [3.05, 3.63) is 23.7 Å². The zero-order chi connectivity index (χ0) is 9.31. The minimum atomic E-state index is -1.16. The van der Waals surface area contributed by atoms with Gasteiger partial charge in [-0.05, 0) is 38.4 Å². The number of nitrogens with one attached hydrogen (secondary N) is 1. The van der Waals surface area contributed by atoms with Gasteiger partial charge in [0.1, 0.15) is 5.67 Å². The molecule has 2 rings (SSSR count). The standard InChI is InChI=1S/C10H14FNO/c1-8-6-13-7-9(8)10(11)2-4-12-5-3-10/h6-7,12H,2-5H2,1H3. The summed E-state index contributed by atoms with van der Waals surface area (Å²) < 4.78 is 19.3. The Morgan fingerprint density at radius 1 is 1.38 bits per heavy atom. The average Bonchev–Trinajstić information content (AvgIpc) is 2.53. The lowest BCUT2D eigenvalue weighted by molar-refractivity contribution is 0.114. The van der Waals surface area contributed by atoms with Gasteiger partial charge < -0.3 is 9.73 Å². The maximum atomic E-state index is 14.3. The molecule has 0 spiro atoms. The van der Waals surface area contributed by atoms with E-state index < -0.39 is 5.67 Å². The summed E-state index contributed by atoms with van der Waals surface area (Å²) in [4.78, 5) is 0. The summed E-state index contributed by atoms with van der Waals surface area (Å²) in [6.07, 6.45) is 4.25. The van der Waals surface area contributed by atoms with E-state index in [2.05, 4.69) is 5.32 Å². The van der Waals surface area contributed by atoms with Gasteiger partial charge in [0.15, 0.2) is 0 Å². The number of aryl methyl sites for hydroxylation is 1. The second-order valence-corrected chi connectivity index (χ2v) is 3.68. The highest BCUT2D eigenvalue weighted by Crippen LogP contribution is 2.36. The third-order valence-electron chi connectivity index (χ3n) is 2.73. The summed E-state index contributed by atoms with van der Waals surface area (Å²) in [5, 5.41) is 3.15. The molecule has 0 aliphatic carbocycles. The third kappa shape index (κ3) is 1.48. The van der Waals surface area contributed by atoms with Crippen molar-refractivity contribution in [1.82, 2.24) is 5.32 Å². The van der Waals surface area contributed by atoms with Gasteiger partial charge in [-0.3, -0.25) is 0 Å². The number of piperidine rings is 1. The van der Waals surface area contributed by atoms with E-state index in [0.717, 1.165) is 24.2 Å². The van der Waals surface area contributed by atoms with E-state index in [9.17, 15) is 4.39 Å². The molecule has 0 unspecified atom stereocenters. The first-order valence-electron chi connectivity index (χ1n) is 4.65. The molecule has 1 aliphatic heterocycles. The van der Waals surface area contributed by atoms with Gasteiger partial charge in [0.05, 0.1) is 12.5 Å². The maximum absolute atomic E-state index is 14.3. The molecule has 1 fully saturated rings. The number of hydrogen-bond acceptors (Lipinski definition) is 2. The minimum Gasteiger partial charge on any atom is -0.472 e. The van der Waals surface area contributed by atoms with Crippen molar-refractivity contribution in [2.75, 3.05) is 13.1 Å². The highest BCUT2D eigenvalue weighted by molar-refractivity contribution is 5.27. The molecule has 0 amide bonds. The predicted octanol–water partition coefficient (Wildman–Crippen LogP) is 2.14. The minimum absolute atomic E-state index is 0.549. The van der Waals surface area contributed by atoms with Gasteiger partial charge in [-0.25, -0.2) is 4.39 Å². The predicted molar refractivity (Wildman–Crippen MR) is 48.3 cm³/mol. The Morgan fingerprint density at radius 2 is 2.08 bits per heavy atom. The van der Waals surface area contributed by atoms with Gasteiger partial charge in [0.2, 0.25) is 0 Å². The number of hydrogen-bond donors (Lipinski definition) is 1. The summed E-state index contributed by atoms with van der Waals surface area (Å²) in [6.45, 7) is 3.39. The van der Waals surface area contributed by atoms with Gasteiger partial charge in [0.25, 0.3) is 0 Å². The molecule has 13 heavy (non-hydrogen) atoms. The average molecular weight is 183 g/mol. The first kappa shape index (κ1) is 8.75. The van der Waals surface area contributed by atoms with Crippen LogP contribution < -0.4 is 5.32 Å². The second-order valence-electron chi connectivity index (χ2n) is 3.68. The summed E-state index contributed by atoms with van der Waals surface area (Å²) in [5.74, 6) is 0. The topological polar surface area (TPSA) is 25.2 Å². The van der Waals surface area contributed by atoms with E-state index in [4.69, 9.17) is 4.42 Å². The Bertz CT molecular complexity index is 289. The van der Waals surface area contributed by atoms with E-state index in [1.165, 1.54) is 0 Å². The van der Waals surface area contributed by atoms with Crippen molar-refractivity contribution >= 4 is 0 Å². The van der Waals surface area contributed by atoms with Crippen LogP contribution in [0, 0.1) is 6.92 Å². The van der Waals surface area contributed by atoms with Crippen LogP contribution >= 0.6 is 0 Å². The molecule has 1 aromatic heterocycles. The molecular weight excluding hydrogens is 169 g/mol. The molecule has 2 heterocycles. The van der Waals surface area contributed by atoms with Gasteiger partial charge >= 0.3 is 0 Å². The van der Waals surface area contributed by atoms with Gasteiger partial charge in [-0.1, -0.05) is 0 Å². The Morgan fingerprint density at radius 3 is 2.62 bits per heavy atom. The molecule has 1 aliphatic rings. The molecular formula is C10H14FNO. The molecule has 3 heteroatoms. The fourth-order valence-corrected chi connectivity index (χ4v) is 1.91. The van der Waals surface area contributed by atoms with Gasteiger partial charge in [0, 0.05) is 5.56 Å². The Hall–Kier alpha value is -0.830. The highest BCUT2D eigenvalue weighted by atomic mass is 19.1. The van der Waals surface area contributed by atoms with E-state index in [1.54, 1.807) is 12.5 Å². The van der Waals surface area contributed by atoms with Crippen LogP contribution in [0.25, 0.3) is 0 Å². The molecule has 0 saturated carbocycles. The Labute approximate surface area is 77.1 Å². The highest BCUT2D eigenvalue weighted by Gasteiger charge is 2.35. The van der Waals surface area contributed by atoms with Crippen LogP contribution in [0.1, 0.15) is 24.0 Å². The first-order valence-corrected chi connectivity index (χ1v) is 4.65. The van der Waals surface area contributed by atoms with Crippen LogP contribution in [0.4, 0.5) is 4.39 Å². The Balaban J connectivity index is 2.27. The lowest BCUT2D eigenvalue weighted by Crippen LogP contribution is -2.36. The second kappa shape index (κ2) is 3.14. The van der Waals surface area contributed by atoms with Crippen LogP contribution in [0.3, 0.4) is 0 Å². The van der Waals surface area contributed by atoms with Crippen molar-refractivity contribution in [3.8, 4) is 0 Å². The zero-order valence-electron chi connectivity index (χ0n) is 7.77. The van der Waals surface area contributed by atoms with Crippen LogP contribution in [0.5, 0.6) is 0 Å². The fourth-order valence-electron chi connectivity index (χ4n) is 1.91. The number of halogens is 1. The summed E-state index contributed by atoms with van der Waals surface area (Å²) >= 11 is 0. The molecule has 1 saturated heterocycles. The summed E-state index contributed by atoms with van der Waals surface area (Å²) in [6, 6.07) is 0. The van der Waals surface area contributed by atoms with Gasteiger partial charge in [-0.2, -0.15) is 0 Å². The molecule has 0 atom stereocenters. The molecule has 1 N–H and O–H groups in total. The summed E-state index contributed by atoms with van der Waals surface area (Å²) in [7, 11) is 0. The van der Waals surface area contributed by atoms with Crippen molar-refractivity contribution in [1.29, 1.82) is 0 Å². The third-order valence-corrected chi connectivity index (χ3v) is 2.73. The molecule has 72 valence electrons. The van der Waals surface area contributed by atoms with Crippen LogP contribution in [-0.2, 0) is 5.67 Å². The van der Waals surface area contributed by atoms with Crippen molar-refractivity contribution < 1.29 is 8.81 Å². The van der Waals surface area contributed by atoms with Crippen molar-refractivity contribution in [2.45, 2.75) is 25.4 Å². The number of rotatable bonds is 1.